The minimum atomic E-state index is 0.0436. The summed E-state index contributed by atoms with van der Waals surface area (Å²) in [4.78, 5) is 11.7. The number of ether oxygens (including phenoxy) is 1. The number of hydrogen-bond donors (Lipinski definition) is 0. The smallest absolute Gasteiger partial charge is 0.250 e. The molecule has 1 aromatic heterocycles. The zero-order valence-corrected chi connectivity index (χ0v) is 12.1. The molecule has 1 atom stereocenters. The summed E-state index contributed by atoms with van der Waals surface area (Å²) in [5, 5.41) is 0. The highest BCUT2D eigenvalue weighted by Crippen LogP contribution is 2.22. The van der Waals surface area contributed by atoms with E-state index >= 15 is 0 Å². The van der Waals surface area contributed by atoms with Crippen molar-refractivity contribution in [2.45, 2.75) is 53.2 Å². The first kappa shape index (κ1) is 15.0. The van der Waals surface area contributed by atoms with Crippen LogP contribution < -0.4 is 5.56 Å². The average Bonchev–Trinajstić information content (AvgIpc) is 2.30. The Morgan fingerprint density at radius 3 is 2.39 bits per heavy atom. The Hall–Kier alpha value is -1.09. The van der Waals surface area contributed by atoms with Gasteiger partial charge in [0.1, 0.15) is 0 Å². The summed E-state index contributed by atoms with van der Waals surface area (Å²) in [6.45, 7) is 11.8. The first-order valence-electron chi connectivity index (χ1n) is 6.73. The monoisotopic (exact) mass is 251 g/mol. The Bertz CT molecular complexity index is 421. The summed E-state index contributed by atoms with van der Waals surface area (Å²) in [5.41, 5.74) is 1.26. The van der Waals surface area contributed by atoms with Crippen LogP contribution in [0.25, 0.3) is 0 Å². The van der Waals surface area contributed by atoms with Crippen molar-refractivity contribution in [1.29, 1.82) is 0 Å². The highest BCUT2D eigenvalue weighted by Gasteiger charge is 2.11. The molecule has 0 radical (unpaired) electrons. The van der Waals surface area contributed by atoms with Crippen LogP contribution in [0.2, 0.25) is 0 Å². The second-order valence-electron chi connectivity index (χ2n) is 5.45. The van der Waals surface area contributed by atoms with Crippen LogP contribution in [-0.2, 0) is 11.3 Å². The molecule has 0 saturated carbocycles. The SMILES string of the molecule is CC(C)OCCn1cc(C(C)C(C)C)ccc1=O. The number of pyridine rings is 1. The van der Waals surface area contributed by atoms with E-state index in [0.29, 0.717) is 25.0 Å². The molecule has 102 valence electrons. The average molecular weight is 251 g/mol. The molecule has 3 nitrogen and oxygen atoms in total. The number of rotatable bonds is 6. The third-order valence-electron chi connectivity index (χ3n) is 3.32. The van der Waals surface area contributed by atoms with Crippen LogP contribution in [0.1, 0.15) is 46.1 Å². The molecule has 3 heteroatoms. The van der Waals surface area contributed by atoms with E-state index in [0.717, 1.165) is 0 Å². The van der Waals surface area contributed by atoms with Gasteiger partial charge in [-0.1, -0.05) is 26.8 Å². The lowest BCUT2D eigenvalue weighted by atomic mass is 9.91. The van der Waals surface area contributed by atoms with Crippen molar-refractivity contribution in [3.05, 3.63) is 34.2 Å². The third kappa shape index (κ3) is 4.30. The predicted molar refractivity (Wildman–Crippen MR) is 75.0 cm³/mol. The lowest BCUT2D eigenvalue weighted by Gasteiger charge is -2.17. The number of aromatic nitrogens is 1. The van der Waals surface area contributed by atoms with E-state index in [1.165, 1.54) is 5.56 Å². The summed E-state index contributed by atoms with van der Waals surface area (Å²) in [6, 6.07) is 3.59. The van der Waals surface area contributed by atoms with Gasteiger partial charge in [0, 0.05) is 18.8 Å². The minimum Gasteiger partial charge on any atom is -0.377 e. The lowest BCUT2D eigenvalue weighted by Crippen LogP contribution is -2.23. The topological polar surface area (TPSA) is 31.2 Å². The molecule has 0 amide bonds. The van der Waals surface area contributed by atoms with Gasteiger partial charge >= 0.3 is 0 Å². The molecule has 18 heavy (non-hydrogen) atoms. The summed E-state index contributed by atoms with van der Waals surface area (Å²) >= 11 is 0. The van der Waals surface area contributed by atoms with Crippen LogP contribution in [0.15, 0.2) is 23.1 Å². The summed E-state index contributed by atoms with van der Waals surface area (Å²) < 4.78 is 7.24. The normalized spacial score (nSPS) is 13.3. The van der Waals surface area contributed by atoms with Crippen LogP contribution in [-0.4, -0.2) is 17.3 Å². The second kappa shape index (κ2) is 6.74. The van der Waals surface area contributed by atoms with E-state index in [2.05, 4.69) is 20.8 Å². The van der Waals surface area contributed by atoms with E-state index in [1.807, 2.05) is 26.1 Å². The van der Waals surface area contributed by atoms with Crippen LogP contribution >= 0.6 is 0 Å². The quantitative estimate of drug-likeness (QED) is 0.778. The van der Waals surface area contributed by atoms with E-state index in [9.17, 15) is 4.79 Å². The fourth-order valence-electron chi connectivity index (χ4n) is 1.77. The van der Waals surface area contributed by atoms with Crippen LogP contribution in [0.4, 0.5) is 0 Å². The molecule has 1 unspecified atom stereocenters. The molecule has 0 aliphatic rings. The maximum absolute atomic E-state index is 11.7. The molecule has 0 bridgehead atoms. The molecule has 0 aromatic carbocycles. The molecule has 0 aliphatic carbocycles. The Morgan fingerprint density at radius 1 is 1.17 bits per heavy atom. The Morgan fingerprint density at radius 2 is 1.83 bits per heavy atom. The largest absolute Gasteiger partial charge is 0.377 e. The number of hydrogen-bond acceptors (Lipinski definition) is 2. The van der Waals surface area contributed by atoms with Gasteiger partial charge in [0.2, 0.25) is 0 Å². The van der Waals surface area contributed by atoms with Crippen molar-refractivity contribution in [3.8, 4) is 0 Å². The van der Waals surface area contributed by atoms with Crippen molar-refractivity contribution in [2.24, 2.45) is 5.92 Å². The van der Waals surface area contributed by atoms with E-state index in [-0.39, 0.29) is 11.7 Å². The molecule has 0 fully saturated rings. The van der Waals surface area contributed by atoms with Crippen LogP contribution in [0.3, 0.4) is 0 Å². The van der Waals surface area contributed by atoms with E-state index < -0.39 is 0 Å². The third-order valence-corrected chi connectivity index (χ3v) is 3.32. The summed E-state index contributed by atoms with van der Waals surface area (Å²) in [6.07, 6.45) is 2.18. The predicted octanol–water partition coefficient (Wildman–Crippen LogP) is 3.03. The van der Waals surface area contributed by atoms with Crippen LogP contribution in [0, 0.1) is 5.92 Å². The zero-order chi connectivity index (χ0) is 13.7. The van der Waals surface area contributed by atoms with Crippen molar-refractivity contribution in [3.63, 3.8) is 0 Å². The maximum Gasteiger partial charge on any atom is 0.250 e. The van der Waals surface area contributed by atoms with Gasteiger partial charge in [-0.3, -0.25) is 4.79 Å². The Labute approximate surface area is 110 Å². The fourth-order valence-corrected chi connectivity index (χ4v) is 1.77. The lowest BCUT2D eigenvalue weighted by molar-refractivity contribution is 0.0722. The van der Waals surface area contributed by atoms with Gasteiger partial charge in [-0.25, -0.2) is 0 Å². The molecule has 1 heterocycles. The van der Waals surface area contributed by atoms with E-state index in [4.69, 9.17) is 4.74 Å². The molecule has 0 aliphatic heterocycles. The highest BCUT2D eigenvalue weighted by atomic mass is 16.5. The zero-order valence-electron chi connectivity index (χ0n) is 12.1. The highest BCUT2D eigenvalue weighted by molar-refractivity contribution is 5.15. The van der Waals surface area contributed by atoms with Gasteiger partial charge in [0.05, 0.1) is 12.7 Å². The first-order valence-corrected chi connectivity index (χ1v) is 6.73. The van der Waals surface area contributed by atoms with Crippen LogP contribution in [0.5, 0.6) is 0 Å². The van der Waals surface area contributed by atoms with Gasteiger partial charge < -0.3 is 9.30 Å². The fraction of sp³-hybridized carbons (Fsp3) is 0.667. The van der Waals surface area contributed by atoms with Gasteiger partial charge in [0.15, 0.2) is 0 Å². The van der Waals surface area contributed by atoms with Gasteiger partial charge in [-0.2, -0.15) is 0 Å². The van der Waals surface area contributed by atoms with Crippen molar-refractivity contribution >= 4 is 0 Å². The standard InChI is InChI=1S/C15H25NO2/c1-11(2)13(5)14-6-7-15(17)16(10-14)8-9-18-12(3)4/h6-7,10-13H,8-9H2,1-5H3. The summed E-state index contributed by atoms with van der Waals surface area (Å²) in [5.74, 6) is 1.03. The Balaban J connectivity index is 2.78. The van der Waals surface area contributed by atoms with Crippen molar-refractivity contribution < 1.29 is 4.74 Å². The molecule has 1 aromatic rings. The number of nitrogens with zero attached hydrogens (tertiary/aromatic N) is 1. The van der Waals surface area contributed by atoms with E-state index in [1.54, 1.807) is 10.6 Å². The minimum absolute atomic E-state index is 0.0436. The molecular weight excluding hydrogens is 226 g/mol. The van der Waals surface area contributed by atoms with Gasteiger partial charge in [-0.05, 0) is 31.2 Å². The second-order valence-corrected chi connectivity index (χ2v) is 5.45. The molecule has 0 spiro atoms. The Kier molecular flexibility index (Phi) is 5.60. The molecule has 1 rings (SSSR count). The summed E-state index contributed by atoms with van der Waals surface area (Å²) in [7, 11) is 0. The van der Waals surface area contributed by atoms with Crippen molar-refractivity contribution in [1.82, 2.24) is 4.57 Å². The molecular formula is C15H25NO2. The molecule has 0 N–H and O–H groups in total. The molecule has 0 saturated heterocycles. The first-order chi connectivity index (χ1) is 8.41. The van der Waals surface area contributed by atoms with Gasteiger partial charge in [-0.15, -0.1) is 0 Å². The van der Waals surface area contributed by atoms with Gasteiger partial charge in [0.25, 0.3) is 5.56 Å². The maximum atomic E-state index is 11.7. The van der Waals surface area contributed by atoms with Crippen molar-refractivity contribution in [2.75, 3.05) is 6.61 Å².